The predicted octanol–water partition coefficient (Wildman–Crippen LogP) is 0.365. The molecule has 4 rings (SSSR count). The van der Waals surface area contributed by atoms with E-state index in [4.69, 9.17) is 21.7 Å². The zero-order valence-corrected chi connectivity index (χ0v) is 14.9. The number of nitrogens with zero attached hydrogens (tertiary/aromatic N) is 2. The number of hydrogen-bond donors (Lipinski definition) is 2. The van der Waals surface area contributed by atoms with E-state index in [0.717, 1.165) is 0 Å². The van der Waals surface area contributed by atoms with E-state index in [1.807, 2.05) is 0 Å². The van der Waals surface area contributed by atoms with Gasteiger partial charge in [-0.1, -0.05) is 0 Å². The lowest BCUT2D eigenvalue weighted by Gasteiger charge is -2.45. The number of hydrogen-bond acceptors (Lipinski definition) is 7. The molecule has 3 heterocycles. The quantitative estimate of drug-likeness (QED) is 0.719. The summed E-state index contributed by atoms with van der Waals surface area (Å²) in [6.07, 6.45) is -0.0745. The van der Waals surface area contributed by atoms with Crippen molar-refractivity contribution < 1.29 is 23.9 Å². The molecule has 1 aromatic rings. The van der Waals surface area contributed by atoms with Gasteiger partial charge in [0.25, 0.3) is 0 Å². The topological polar surface area (TPSA) is 100 Å². The summed E-state index contributed by atoms with van der Waals surface area (Å²) in [5.41, 5.74) is -0.599. The van der Waals surface area contributed by atoms with E-state index in [9.17, 15) is 14.4 Å². The van der Waals surface area contributed by atoms with Crippen LogP contribution < -0.4 is 20.1 Å². The molecule has 1 atom stereocenters. The van der Waals surface area contributed by atoms with Crippen LogP contribution in [0.3, 0.4) is 0 Å². The molecule has 3 aliphatic heterocycles. The Balaban J connectivity index is 1.60. The fourth-order valence-corrected chi connectivity index (χ4v) is 3.54. The molecule has 0 aromatic heterocycles. The number of fused-ring (bicyclic) bond motifs is 2. The molecule has 2 N–H and O–H groups in total. The van der Waals surface area contributed by atoms with Crippen LogP contribution in [0.5, 0.6) is 11.5 Å². The van der Waals surface area contributed by atoms with Gasteiger partial charge in [0.15, 0.2) is 16.6 Å². The van der Waals surface area contributed by atoms with Crippen molar-refractivity contribution in [3.05, 3.63) is 18.2 Å². The number of thiocarbonyl (C=S) groups is 1. The fraction of sp³-hybridized carbons (Fsp3) is 0.375. The number of nitrogens with one attached hydrogen (secondary N) is 2. The molecule has 26 heavy (non-hydrogen) atoms. The molecule has 136 valence electrons. The zero-order chi connectivity index (χ0) is 18.6. The lowest BCUT2D eigenvalue weighted by Crippen LogP contribution is -2.71. The summed E-state index contributed by atoms with van der Waals surface area (Å²) in [7, 11) is 0. The van der Waals surface area contributed by atoms with Gasteiger partial charge in [-0.25, -0.2) is 5.01 Å². The van der Waals surface area contributed by atoms with Gasteiger partial charge in [0, 0.05) is 11.8 Å². The summed E-state index contributed by atoms with van der Waals surface area (Å²) in [4.78, 5) is 37.5. The van der Waals surface area contributed by atoms with Crippen LogP contribution in [0.25, 0.3) is 0 Å². The van der Waals surface area contributed by atoms with Crippen molar-refractivity contribution in [2.75, 3.05) is 12.1 Å². The van der Waals surface area contributed by atoms with E-state index in [1.165, 1.54) is 10.0 Å². The van der Waals surface area contributed by atoms with E-state index in [2.05, 4.69) is 10.6 Å². The van der Waals surface area contributed by atoms with Gasteiger partial charge < -0.3 is 14.8 Å². The molecule has 0 saturated carbocycles. The first-order chi connectivity index (χ1) is 12.3. The van der Waals surface area contributed by atoms with Crippen molar-refractivity contribution in [1.29, 1.82) is 0 Å². The first-order valence-electron chi connectivity index (χ1n) is 7.97. The minimum absolute atomic E-state index is 0.0160. The van der Waals surface area contributed by atoms with Crippen molar-refractivity contribution in [3.8, 4) is 11.5 Å². The number of ether oxygens (including phenoxy) is 2. The molecule has 2 saturated heterocycles. The summed E-state index contributed by atoms with van der Waals surface area (Å²) in [6, 6.07) is 4.16. The fourth-order valence-electron chi connectivity index (χ4n) is 3.26. The molecule has 0 bridgehead atoms. The lowest BCUT2D eigenvalue weighted by molar-refractivity contribution is -0.154. The van der Waals surface area contributed by atoms with E-state index < -0.39 is 17.5 Å². The molecule has 0 aliphatic carbocycles. The second kappa shape index (κ2) is 5.64. The van der Waals surface area contributed by atoms with Crippen LogP contribution in [0, 0.1) is 0 Å². The van der Waals surface area contributed by atoms with Gasteiger partial charge in [-0.2, -0.15) is 5.01 Å². The monoisotopic (exact) mass is 376 g/mol. The van der Waals surface area contributed by atoms with Gasteiger partial charge in [-0.05, 0) is 38.2 Å². The van der Waals surface area contributed by atoms with Gasteiger partial charge in [0.2, 0.25) is 24.5 Å². The molecule has 10 heteroatoms. The van der Waals surface area contributed by atoms with Crippen molar-refractivity contribution in [1.82, 2.24) is 15.3 Å². The highest BCUT2D eigenvalue weighted by molar-refractivity contribution is 7.80. The van der Waals surface area contributed by atoms with Crippen LogP contribution in [-0.2, 0) is 14.4 Å². The minimum atomic E-state index is -1.11. The molecule has 2 fully saturated rings. The third-order valence-electron chi connectivity index (χ3n) is 4.60. The van der Waals surface area contributed by atoms with Crippen LogP contribution in [0.1, 0.15) is 20.3 Å². The number of hydrazine groups is 1. The first-order valence-corrected chi connectivity index (χ1v) is 8.38. The van der Waals surface area contributed by atoms with E-state index in [0.29, 0.717) is 17.2 Å². The van der Waals surface area contributed by atoms with Gasteiger partial charge in [-0.3, -0.25) is 19.7 Å². The minimum Gasteiger partial charge on any atom is -0.454 e. The molecule has 0 spiro atoms. The highest BCUT2D eigenvalue weighted by Gasteiger charge is 2.56. The number of carbonyl (C=O) groups excluding carboxylic acids is 3. The number of benzene rings is 1. The first kappa shape index (κ1) is 16.7. The maximum Gasteiger partial charge on any atom is 0.248 e. The highest BCUT2D eigenvalue weighted by atomic mass is 32.1. The third kappa shape index (κ3) is 2.41. The molecule has 1 unspecified atom stereocenters. The Hall–Kier alpha value is -2.72. The summed E-state index contributed by atoms with van der Waals surface area (Å²) in [6.45, 7) is 3.40. The molecule has 0 radical (unpaired) electrons. The Morgan fingerprint density at radius 3 is 2.81 bits per heavy atom. The summed E-state index contributed by atoms with van der Waals surface area (Å²) < 4.78 is 10.5. The highest BCUT2D eigenvalue weighted by Crippen LogP contribution is 2.36. The molecule has 3 aliphatic rings. The Morgan fingerprint density at radius 2 is 2.04 bits per heavy atom. The van der Waals surface area contributed by atoms with Gasteiger partial charge in [0.1, 0.15) is 11.6 Å². The Kier molecular flexibility index (Phi) is 3.63. The van der Waals surface area contributed by atoms with Crippen molar-refractivity contribution >= 4 is 40.7 Å². The third-order valence-corrected chi connectivity index (χ3v) is 4.87. The van der Waals surface area contributed by atoms with Crippen molar-refractivity contribution in [3.63, 3.8) is 0 Å². The van der Waals surface area contributed by atoms with Gasteiger partial charge >= 0.3 is 0 Å². The zero-order valence-electron chi connectivity index (χ0n) is 14.1. The van der Waals surface area contributed by atoms with Gasteiger partial charge in [0.05, 0.1) is 6.42 Å². The largest absolute Gasteiger partial charge is 0.454 e. The van der Waals surface area contributed by atoms with E-state index in [-0.39, 0.29) is 30.1 Å². The Morgan fingerprint density at radius 1 is 1.31 bits per heavy atom. The van der Waals surface area contributed by atoms with Crippen LogP contribution in [-0.4, -0.2) is 51.2 Å². The Bertz CT molecular complexity index is 855. The Labute approximate surface area is 154 Å². The molecular formula is C16H16N4O5S. The maximum atomic E-state index is 12.8. The SMILES string of the molecule is CC1(C)C(=O)NC(=S)N2C(=O)CC(C(=O)Nc3ccc4c(c3)OCO4)N21. The maximum absolute atomic E-state index is 12.8. The number of amides is 3. The molecule has 1 aromatic carbocycles. The second-order valence-electron chi connectivity index (χ2n) is 6.65. The van der Waals surface area contributed by atoms with E-state index in [1.54, 1.807) is 32.0 Å². The number of anilines is 1. The predicted molar refractivity (Wildman–Crippen MR) is 93.1 cm³/mol. The number of rotatable bonds is 2. The smallest absolute Gasteiger partial charge is 0.248 e. The van der Waals surface area contributed by atoms with Crippen LogP contribution in [0.4, 0.5) is 5.69 Å². The average Bonchev–Trinajstić information content (AvgIpc) is 3.17. The molecular weight excluding hydrogens is 360 g/mol. The summed E-state index contributed by atoms with van der Waals surface area (Å²) >= 11 is 5.09. The standard InChI is InChI=1S/C16H16N4O5S/c1-16(2)14(23)18-15(26)19-12(21)6-9(20(16)19)13(22)17-8-3-4-10-11(5-8)25-7-24-10/h3-5,9H,6-7H2,1-2H3,(H,17,22)(H,18,23,26). The molecule has 3 amide bonds. The van der Waals surface area contributed by atoms with Crippen molar-refractivity contribution in [2.24, 2.45) is 0 Å². The summed E-state index contributed by atoms with van der Waals surface area (Å²) in [5.74, 6) is 0.0173. The average molecular weight is 376 g/mol. The second-order valence-corrected chi connectivity index (χ2v) is 7.03. The van der Waals surface area contributed by atoms with Crippen LogP contribution in [0.15, 0.2) is 18.2 Å². The van der Waals surface area contributed by atoms with E-state index >= 15 is 0 Å². The van der Waals surface area contributed by atoms with Crippen LogP contribution >= 0.6 is 12.2 Å². The normalized spacial score (nSPS) is 23.7. The summed E-state index contributed by atoms with van der Waals surface area (Å²) in [5, 5.41) is 7.89. The number of carbonyl (C=O) groups is 3. The van der Waals surface area contributed by atoms with Crippen molar-refractivity contribution in [2.45, 2.75) is 31.8 Å². The van der Waals surface area contributed by atoms with Gasteiger partial charge in [-0.15, -0.1) is 0 Å². The lowest BCUT2D eigenvalue weighted by atomic mass is 10.00. The van der Waals surface area contributed by atoms with Crippen LogP contribution in [0.2, 0.25) is 0 Å². The molecule has 9 nitrogen and oxygen atoms in total.